The Morgan fingerprint density at radius 1 is 0.806 bits per heavy atom. The first-order valence-corrected chi connectivity index (χ1v) is 11.6. The van der Waals surface area contributed by atoms with E-state index in [9.17, 15) is 9.59 Å². The van der Waals surface area contributed by atoms with E-state index in [4.69, 9.17) is 9.97 Å². The molecule has 0 unspecified atom stereocenters. The molecule has 0 aliphatic carbocycles. The van der Waals surface area contributed by atoms with Crippen LogP contribution in [0.3, 0.4) is 0 Å². The number of anilines is 5. The van der Waals surface area contributed by atoms with Crippen LogP contribution in [0.1, 0.15) is 45.4 Å². The second-order valence-corrected chi connectivity index (χ2v) is 8.34. The lowest BCUT2D eigenvalue weighted by Gasteiger charge is -2.22. The highest BCUT2D eigenvalue weighted by Crippen LogP contribution is 2.25. The van der Waals surface area contributed by atoms with E-state index in [0.717, 1.165) is 56.6 Å². The minimum absolute atomic E-state index is 0.404. The fourth-order valence-corrected chi connectivity index (χ4v) is 4.18. The van der Waals surface area contributed by atoms with Gasteiger partial charge in [-0.25, -0.2) is 0 Å². The van der Waals surface area contributed by atoms with Gasteiger partial charge < -0.3 is 25.8 Å². The molecule has 0 amide bonds. The van der Waals surface area contributed by atoms with Crippen LogP contribution in [-0.2, 0) is 0 Å². The monoisotopic (exact) mass is 427 g/mol. The highest BCUT2D eigenvalue weighted by molar-refractivity contribution is 5.74. The number of unbranched alkanes of at least 4 members (excludes halogenated alkanes) is 1. The topological polar surface area (TPSA) is 102 Å². The Hall–Kier alpha value is -2.84. The van der Waals surface area contributed by atoms with Crippen LogP contribution < -0.4 is 36.6 Å². The van der Waals surface area contributed by atoms with Gasteiger partial charge in [0, 0.05) is 51.9 Å². The van der Waals surface area contributed by atoms with Gasteiger partial charge >= 0.3 is 0 Å². The average Bonchev–Trinajstić information content (AvgIpc) is 3.51. The fourth-order valence-electron chi connectivity index (χ4n) is 4.18. The summed E-state index contributed by atoms with van der Waals surface area (Å²) in [5.74, 6) is 2.57. The number of rotatable bonds is 11. The average molecular weight is 428 g/mol. The largest absolute Gasteiger partial charge is 0.380 e. The maximum Gasteiger partial charge on any atom is 0.253 e. The third kappa shape index (κ3) is 4.91. The van der Waals surface area contributed by atoms with Gasteiger partial charge in [-0.15, -0.1) is 0 Å². The fraction of sp³-hybridized carbons (Fsp3) is 0.636. The third-order valence-electron chi connectivity index (χ3n) is 6.00. The van der Waals surface area contributed by atoms with E-state index in [-0.39, 0.29) is 0 Å². The highest BCUT2D eigenvalue weighted by Gasteiger charge is 2.21. The SMILES string of the molecule is CCCCNc1c(NCCNc2cc(N3CCCC3)nc(N3CCCC3)n2)c(=O)c1=O. The van der Waals surface area contributed by atoms with Crippen LogP contribution in [0.25, 0.3) is 0 Å². The normalized spacial score (nSPS) is 16.3. The first-order chi connectivity index (χ1) is 15.2. The molecule has 0 bridgehead atoms. The molecule has 1 aromatic carbocycles. The molecule has 0 saturated carbocycles. The lowest BCUT2D eigenvalue weighted by molar-refractivity contribution is 0.832. The Morgan fingerprint density at radius 2 is 1.39 bits per heavy atom. The van der Waals surface area contributed by atoms with Crippen LogP contribution in [-0.4, -0.2) is 55.8 Å². The number of nitrogens with one attached hydrogen (secondary N) is 3. The van der Waals surface area contributed by atoms with Gasteiger partial charge in [-0.2, -0.15) is 9.97 Å². The number of hydrogen-bond donors (Lipinski definition) is 3. The van der Waals surface area contributed by atoms with Gasteiger partial charge in [0.15, 0.2) is 0 Å². The Labute approximate surface area is 182 Å². The Kier molecular flexibility index (Phi) is 6.89. The van der Waals surface area contributed by atoms with Crippen molar-refractivity contribution in [3.05, 3.63) is 26.5 Å². The third-order valence-corrected chi connectivity index (χ3v) is 6.00. The summed E-state index contributed by atoms with van der Waals surface area (Å²) >= 11 is 0. The van der Waals surface area contributed by atoms with Crippen molar-refractivity contribution in [2.75, 3.05) is 71.6 Å². The molecule has 2 aliphatic heterocycles. The Morgan fingerprint density at radius 3 is 2.03 bits per heavy atom. The number of hydrogen-bond acceptors (Lipinski definition) is 9. The summed E-state index contributed by atoms with van der Waals surface area (Å²) in [7, 11) is 0. The molecule has 31 heavy (non-hydrogen) atoms. The predicted molar refractivity (Wildman–Crippen MR) is 127 cm³/mol. The summed E-state index contributed by atoms with van der Waals surface area (Å²) in [6, 6.07) is 2.01. The zero-order valence-corrected chi connectivity index (χ0v) is 18.4. The van der Waals surface area contributed by atoms with E-state index in [1.807, 2.05) is 6.07 Å². The van der Waals surface area contributed by atoms with Crippen LogP contribution in [0.2, 0.25) is 0 Å². The van der Waals surface area contributed by atoms with Gasteiger partial charge in [0.25, 0.3) is 10.9 Å². The molecule has 2 aromatic rings. The van der Waals surface area contributed by atoms with E-state index < -0.39 is 10.9 Å². The first-order valence-electron chi connectivity index (χ1n) is 11.6. The molecule has 168 valence electrons. The van der Waals surface area contributed by atoms with E-state index in [0.29, 0.717) is 31.0 Å². The molecule has 2 fully saturated rings. The quantitative estimate of drug-likeness (QED) is 0.367. The number of nitrogens with zero attached hydrogens (tertiary/aromatic N) is 4. The van der Waals surface area contributed by atoms with Gasteiger partial charge in [-0.05, 0) is 32.1 Å². The van der Waals surface area contributed by atoms with E-state index >= 15 is 0 Å². The maximum atomic E-state index is 11.9. The summed E-state index contributed by atoms with van der Waals surface area (Å²) < 4.78 is 0. The molecule has 0 radical (unpaired) electrons. The second kappa shape index (κ2) is 9.98. The van der Waals surface area contributed by atoms with E-state index in [1.54, 1.807) is 0 Å². The molecular formula is C22H33N7O2. The Balaban J connectivity index is 1.36. The van der Waals surface area contributed by atoms with Crippen LogP contribution >= 0.6 is 0 Å². The van der Waals surface area contributed by atoms with E-state index in [2.05, 4.69) is 32.7 Å². The van der Waals surface area contributed by atoms with Crippen LogP contribution in [0.4, 0.5) is 29.0 Å². The zero-order chi connectivity index (χ0) is 21.6. The molecule has 2 aliphatic rings. The van der Waals surface area contributed by atoms with Crippen molar-refractivity contribution >= 4 is 29.0 Å². The standard InChI is InChI=1S/C22H33N7O2/c1-2-3-8-24-18-19(21(31)20(18)30)25-10-9-23-16-15-17(28-11-4-5-12-28)27-22(26-16)29-13-6-7-14-29/h15,24-25H,2-14H2,1H3,(H,23,26,27). The van der Waals surface area contributed by atoms with Crippen molar-refractivity contribution < 1.29 is 0 Å². The summed E-state index contributed by atoms with van der Waals surface area (Å²) in [6.07, 6.45) is 6.76. The lowest BCUT2D eigenvalue weighted by Crippen LogP contribution is -2.38. The van der Waals surface area contributed by atoms with Gasteiger partial charge in [-0.3, -0.25) is 9.59 Å². The zero-order valence-electron chi connectivity index (χ0n) is 18.4. The minimum atomic E-state index is -0.436. The van der Waals surface area contributed by atoms with Crippen molar-refractivity contribution in [1.82, 2.24) is 9.97 Å². The summed E-state index contributed by atoms with van der Waals surface area (Å²) in [4.78, 5) is 37.8. The molecular weight excluding hydrogens is 394 g/mol. The number of aromatic nitrogens is 2. The van der Waals surface area contributed by atoms with Gasteiger partial charge in [0.2, 0.25) is 5.95 Å². The maximum absolute atomic E-state index is 11.9. The molecule has 4 rings (SSSR count). The van der Waals surface area contributed by atoms with Crippen molar-refractivity contribution in [2.24, 2.45) is 0 Å². The van der Waals surface area contributed by atoms with Crippen LogP contribution in [0.15, 0.2) is 15.7 Å². The molecule has 1 aromatic heterocycles. The van der Waals surface area contributed by atoms with Crippen LogP contribution in [0, 0.1) is 0 Å². The highest BCUT2D eigenvalue weighted by atomic mass is 16.2. The van der Waals surface area contributed by atoms with Crippen molar-refractivity contribution in [3.8, 4) is 0 Å². The summed E-state index contributed by atoms with van der Waals surface area (Å²) in [6.45, 7) is 7.98. The lowest BCUT2D eigenvalue weighted by atomic mass is 10.2. The van der Waals surface area contributed by atoms with E-state index in [1.165, 1.54) is 25.7 Å². The molecule has 0 atom stereocenters. The molecule has 0 spiro atoms. The molecule has 3 N–H and O–H groups in total. The van der Waals surface area contributed by atoms with Crippen molar-refractivity contribution in [3.63, 3.8) is 0 Å². The van der Waals surface area contributed by atoms with Crippen LogP contribution in [0.5, 0.6) is 0 Å². The summed E-state index contributed by atoms with van der Waals surface area (Å²) in [5, 5.41) is 9.55. The molecule has 2 saturated heterocycles. The van der Waals surface area contributed by atoms with Gasteiger partial charge in [-0.1, -0.05) is 13.3 Å². The second-order valence-electron chi connectivity index (χ2n) is 8.34. The summed E-state index contributed by atoms with van der Waals surface area (Å²) in [5.41, 5.74) is -0.0317. The van der Waals surface area contributed by atoms with Gasteiger partial charge in [0.1, 0.15) is 23.0 Å². The molecule has 9 heteroatoms. The predicted octanol–water partition coefficient (Wildman–Crippen LogP) is 2.01. The molecule has 3 heterocycles. The molecule has 9 nitrogen and oxygen atoms in total. The van der Waals surface area contributed by atoms with Crippen molar-refractivity contribution in [1.29, 1.82) is 0 Å². The Bertz CT molecular complexity index is 908. The van der Waals surface area contributed by atoms with Crippen molar-refractivity contribution in [2.45, 2.75) is 45.4 Å². The smallest absolute Gasteiger partial charge is 0.253 e. The first kappa shape index (κ1) is 21.4. The van der Waals surface area contributed by atoms with Gasteiger partial charge in [0.05, 0.1) is 0 Å². The minimum Gasteiger partial charge on any atom is -0.380 e.